The molecule has 20 heavy (non-hydrogen) atoms. The smallest absolute Gasteiger partial charge is 0.154 e. The van der Waals surface area contributed by atoms with E-state index in [-0.39, 0.29) is 5.25 Å². The molecule has 0 bridgehead atoms. The van der Waals surface area contributed by atoms with Crippen LogP contribution in [0.1, 0.15) is 23.3 Å². The van der Waals surface area contributed by atoms with Crippen LogP contribution >= 0.6 is 11.3 Å². The van der Waals surface area contributed by atoms with Crippen molar-refractivity contribution < 1.29 is 8.42 Å². The summed E-state index contributed by atoms with van der Waals surface area (Å²) in [5.74, 6) is 1.06. The lowest BCUT2D eigenvalue weighted by molar-refractivity contribution is 0.591. The Kier molecular flexibility index (Phi) is 3.41. The second-order valence-corrected chi connectivity index (χ2v) is 8.80. The van der Waals surface area contributed by atoms with Crippen molar-refractivity contribution in [1.29, 1.82) is 0 Å². The SMILES string of the molecule is Cc1sc2ncnc(NCC3CCCS3(=O)=O)c2c1C. The highest BCUT2D eigenvalue weighted by atomic mass is 32.2. The molecule has 1 fully saturated rings. The minimum absolute atomic E-state index is 0.285. The first-order valence-electron chi connectivity index (χ1n) is 6.65. The Morgan fingerprint density at radius 1 is 1.40 bits per heavy atom. The molecule has 0 amide bonds. The van der Waals surface area contributed by atoms with Crippen molar-refractivity contribution in [2.45, 2.75) is 31.9 Å². The van der Waals surface area contributed by atoms with Gasteiger partial charge in [-0.05, 0) is 32.3 Å². The Balaban J connectivity index is 1.88. The quantitative estimate of drug-likeness (QED) is 0.941. The lowest BCUT2D eigenvalue weighted by Crippen LogP contribution is -2.25. The summed E-state index contributed by atoms with van der Waals surface area (Å²) in [5, 5.41) is 3.95. The maximum absolute atomic E-state index is 11.8. The summed E-state index contributed by atoms with van der Waals surface area (Å²) in [7, 11) is -2.92. The standard InChI is InChI=1S/C13H17N3O2S2/c1-8-9(2)19-13-11(8)12(15-7-16-13)14-6-10-4-3-5-20(10,17)18/h7,10H,3-6H2,1-2H3,(H,14,15,16). The zero-order chi connectivity index (χ0) is 14.3. The minimum Gasteiger partial charge on any atom is -0.368 e. The van der Waals surface area contributed by atoms with E-state index in [0.717, 1.165) is 28.9 Å². The van der Waals surface area contributed by atoms with Gasteiger partial charge in [0, 0.05) is 11.4 Å². The minimum atomic E-state index is -2.92. The average Bonchev–Trinajstić information content (AvgIpc) is 2.88. The highest BCUT2D eigenvalue weighted by Crippen LogP contribution is 2.32. The molecule has 0 aliphatic carbocycles. The van der Waals surface area contributed by atoms with Gasteiger partial charge in [-0.15, -0.1) is 11.3 Å². The second-order valence-electron chi connectivity index (χ2n) is 5.20. The maximum atomic E-state index is 11.8. The Labute approximate surface area is 122 Å². The van der Waals surface area contributed by atoms with Gasteiger partial charge in [0.25, 0.3) is 0 Å². The zero-order valence-corrected chi connectivity index (χ0v) is 13.1. The van der Waals surface area contributed by atoms with Crippen LogP contribution in [0.2, 0.25) is 0 Å². The first-order chi connectivity index (χ1) is 9.49. The monoisotopic (exact) mass is 311 g/mol. The van der Waals surface area contributed by atoms with Gasteiger partial charge in [0.15, 0.2) is 9.84 Å². The molecule has 5 nitrogen and oxygen atoms in total. The number of nitrogens with zero attached hydrogens (tertiary/aromatic N) is 2. The topological polar surface area (TPSA) is 72.0 Å². The Bertz CT molecular complexity index is 752. The molecule has 1 N–H and O–H groups in total. The van der Waals surface area contributed by atoms with E-state index in [0.29, 0.717) is 12.3 Å². The van der Waals surface area contributed by atoms with Gasteiger partial charge >= 0.3 is 0 Å². The fourth-order valence-corrected chi connectivity index (χ4v) is 5.38. The van der Waals surface area contributed by atoms with E-state index < -0.39 is 9.84 Å². The summed E-state index contributed by atoms with van der Waals surface area (Å²) in [6, 6.07) is 0. The van der Waals surface area contributed by atoms with Gasteiger partial charge in [0.1, 0.15) is 17.0 Å². The van der Waals surface area contributed by atoms with E-state index in [1.54, 1.807) is 11.3 Å². The third-order valence-electron chi connectivity index (χ3n) is 3.93. The molecule has 1 saturated heterocycles. The van der Waals surface area contributed by atoms with Gasteiger partial charge in [0.2, 0.25) is 0 Å². The fourth-order valence-electron chi connectivity index (χ4n) is 2.61. The molecule has 2 aromatic heterocycles. The van der Waals surface area contributed by atoms with Crippen molar-refractivity contribution in [2.75, 3.05) is 17.6 Å². The van der Waals surface area contributed by atoms with Gasteiger partial charge in [-0.25, -0.2) is 18.4 Å². The first kappa shape index (κ1) is 13.8. The molecular weight excluding hydrogens is 294 g/mol. The Morgan fingerprint density at radius 2 is 2.20 bits per heavy atom. The second kappa shape index (κ2) is 4.96. The van der Waals surface area contributed by atoms with Crippen LogP contribution in [0.4, 0.5) is 5.82 Å². The normalized spacial score (nSPS) is 21.4. The lowest BCUT2D eigenvalue weighted by atomic mass is 10.2. The number of anilines is 1. The van der Waals surface area contributed by atoms with Crippen LogP contribution in [-0.4, -0.2) is 35.9 Å². The fraction of sp³-hybridized carbons (Fsp3) is 0.538. The number of fused-ring (bicyclic) bond motifs is 1. The van der Waals surface area contributed by atoms with Crippen LogP contribution in [-0.2, 0) is 9.84 Å². The van der Waals surface area contributed by atoms with Crippen molar-refractivity contribution >= 4 is 37.2 Å². The summed E-state index contributed by atoms with van der Waals surface area (Å²) in [6.07, 6.45) is 3.04. The van der Waals surface area contributed by atoms with E-state index in [2.05, 4.69) is 29.1 Å². The van der Waals surface area contributed by atoms with Gasteiger partial charge in [-0.1, -0.05) is 0 Å². The van der Waals surface area contributed by atoms with Gasteiger partial charge in [-0.2, -0.15) is 0 Å². The largest absolute Gasteiger partial charge is 0.368 e. The summed E-state index contributed by atoms with van der Waals surface area (Å²) in [6.45, 7) is 4.55. The molecule has 0 radical (unpaired) electrons. The summed E-state index contributed by atoms with van der Waals surface area (Å²) in [4.78, 5) is 10.7. The number of sulfone groups is 1. The van der Waals surface area contributed by atoms with Crippen molar-refractivity contribution in [3.05, 3.63) is 16.8 Å². The molecule has 1 aliphatic heterocycles. The molecule has 3 heterocycles. The van der Waals surface area contributed by atoms with Gasteiger partial charge in [-0.3, -0.25) is 0 Å². The van der Waals surface area contributed by atoms with Crippen LogP contribution in [0, 0.1) is 13.8 Å². The number of aryl methyl sites for hydroxylation is 2. The number of hydrogen-bond donors (Lipinski definition) is 1. The molecule has 1 unspecified atom stereocenters. The van der Waals surface area contributed by atoms with E-state index in [1.807, 2.05) is 0 Å². The number of aromatic nitrogens is 2. The molecule has 2 aromatic rings. The summed E-state index contributed by atoms with van der Waals surface area (Å²) >= 11 is 1.64. The third-order valence-corrected chi connectivity index (χ3v) is 7.32. The molecule has 0 spiro atoms. The summed E-state index contributed by atoms with van der Waals surface area (Å²) in [5.41, 5.74) is 1.17. The average molecular weight is 311 g/mol. The van der Waals surface area contributed by atoms with Crippen molar-refractivity contribution in [3.63, 3.8) is 0 Å². The predicted octanol–water partition coefficient (Wildman–Crippen LogP) is 2.30. The molecule has 0 saturated carbocycles. The Morgan fingerprint density at radius 3 is 2.90 bits per heavy atom. The van der Waals surface area contributed by atoms with Crippen LogP contribution in [0.3, 0.4) is 0 Å². The van der Waals surface area contributed by atoms with Gasteiger partial charge < -0.3 is 5.32 Å². The highest BCUT2D eigenvalue weighted by Gasteiger charge is 2.31. The van der Waals surface area contributed by atoms with Crippen molar-refractivity contribution in [3.8, 4) is 0 Å². The molecule has 1 atom stereocenters. The van der Waals surface area contributed by atoms with E-state index in [9.17, 15) is 8.42 Å². The van der Waals surface area contributed by atoms with Crippen LogP contribution in [0.15, 0.2) is 6.33 Å². The number of rotatable bonds is 3. The van der Waals surface area contributed by atoms with Crippen LogP contribution in [0.5, 0.6) is 0 Å². The zero-order valence-electron chi connectivity index (χ0n) is 11.5. The van der Waals surface area contributed by atoms with E-state index >= 15 is 0 Å². The van der Waals surface area contributed by atoms with Crippen molar-refractivity contribution in [2.24, 2.45) is 0 Å². The predicted molar refractivity (Wildman–Crippen MR) is 82.2 cm³/mol. The van der Waals surface area contributed by atoms with E-state index in [4.69, 9.17) is 0 Å². The molecule has 7 heteroatoms. The number of hydrogen-bond acceptors (Lipinski definition) is 6. The molecule has 1 aliphatic rings. The first-order valence-corrected chi connectivity index (χ1v) is 9.18. The molecule has 0 aromatic carbocycles. The number of nitrogens with one attached hydrogen (secondary N) is 1. The van der Waals surface area contributed by atoms with Crippen LogP contribution < -0.4 is 5.32 Å². The third kappa shape index (κ3) is 2.29. The molecule has 3 rings (SSSR count). The highest BCUT2D eigenvalue weighted by molar-refractivity contribution is 7.92. The number of thiophene rings is 1. The van der Waals surface area contributed by atoms with Gasteiger partial charge in [0.05, 0.1) is 16.4 Å². The maximum Gasteiger partial charge on any atom is 0.154 e. The Hall–Kier alpha value is -1.21. The van der Waals surface area contributed by atoms with Crippen LogP contribution in [0.25, 0.3) is 10.2 Å². The summed E-state index contributed by atoms with van der Waals surface area (Å²) < 4.78 is 23.7. The van der Waals surface area contributed by atoms with E-state index in [1.165, 1.54) is 16.8 Å². The van der Waals surface area contributed by atoms with Crippen molar-refractivity contribution in [1.82, 2.24) is 9.97 Å². The molecular formula is C13H17N3O2S2. The molecule has 108 valence electrons. The lowest BCUT2D eigenvalue weighted by Gasteiger charge is -2.12.